The van der Waals surface area contributed by atoms with Crippen molar-refractivity contribution in [3.63, 3.8) is 0 Å². The van der Waals surface area contributed by atoms with Crippen LogP contribution < -0.4 is 10.2 Å². The van der Waals surface area contributed by atoms with Crippen molar-refractivity contribution < 1.29 is 9.53 Å². The van der Waals surface area contributed by atoms with E-state index in [0.717, 1.165) is 43.0 Å². The van der Waals surface area contributed by atoms with Crippen LogP contribution in [0.25, 0.3) is 0 Å². The molecule has 1 aliphatic rings. The SMILES string of the molecule is CO[C@@H]1CCCN(c2ccc(NC(=O)c3cnc(C)cn3)cc2)C1. The number of benzene rings is 1. The molecule has 6 nitrogen and oxygen atoms in total. The average Bonchev–Trinajstić information content (AvgIpc) is 2.63. The van der Waals surface area contributed by atoms with Gasteiger partial charge in [-0.2, -0.15) is 0 Å². The Morgan fingerprint density at radius 1 is 1.25 bits per heavy atom. The van der Waals surface area contributed by atoms with Gasteiger partial charge in [0.05, 0.1) is 18.0 Å². The highest BCUT2D eigenvalue weighted by Crippen LogP contribution is 2.23. The molecule has 0 aliphatic carbocycles. The van der Waals surface area contributed by atoms with E-state index in [1.165, 1.54) is 6.20 Å². The summed E-state index contributed by atoms with van der Waals surface area (Å²) < 4.78 is 5.47. The van der Waals surface area contributed by atoms with Gasteiger partial charge in [0.15, 0.2) is 0 Å². The molecule has 1 atom stereocenters. The molecule has 1 saturated heterocycles. The normalized spacial score (nSPS) is 17.6. The lowest BCUT2D eigenvalue weighted by Gasteiger charge is -2.33. The Morgan fingerprint density at radius 3 is 2.71 bits per heavy atom. The van der Waals surface area contributed by atoms with Crippen molar-refractivity contribution in [1.82, 2.24) is 9.97 Å². The maximum absolute atomic E-state index is 12.2. The number of aryl methyl sites for hydroxylation is 1. The first kappa shape index (κ1) is 16.4. The van der Waals surface area contributed by atoms with Crippen LogP contribution in [0, 0.1) is 6.92 Å². The van der Waals surface area contributed by atoms with E-state index in [9.17, 15) is 4.79 Å². The molecule has 1 aliphatic heterocycles. The van der Waals surface area contributed by atoms with Crippen molar-refractivity contribution in [3.05, 3.63) is 48.0 Å². The van der Waals surface area contributed by atoms with E-state index >= 15 is 0 Å². The van der Waals surface area contributed by atoms with E-state index < -0.39 is 0 Å². The second-order valence-electron chi connectivity index (χ2n) is 5.99. The zero-order valence-corrected chi connectivity index (χ0v) is 14.0. The number of piperidine rings is 1. The number of hydrogen-bond donors (Lipinski definition) is 1. The first-order chi connectivity index (χ1) is 11.7. The molecule has 0 saturated carbocycles. The quantitative estimate of drug-likeness (QED) is 0.935. The topological polar surface area (TPSA) is 67.3 Å². The van der Waals surface area contributed by atoms with Gasteiger partial charge in [0.2, 0.25) is 0 Å². The second-order valence-corrected chi connectivity index (χ2v) is 5.99. The third-order valence-electron chi connectivity index (χ3n) is 4.22. The van der Waals surface area contributed by atoms with Gasteiger partial charge in [-0.25, -0.2) is 4.98 Å². The minimum atomic E-state index is -0.257. The minimum Gasteiger partial charge on any atom is -0.380 e. The fourth-order valence-electron chi connectivity index (χ4n) is 2.83. The van der Waals surface area contributed by atoms with E-state index in [0.29, 0.717) is 11.8 Å². The first-order valence-corrected chi connectivity index (χ1v) is 8.13. The number of ether oxygens (including phenoxy) is 1. The van der Waals surface area contributed by atoms with Gasteiger partial charge in [-0.1, -0.05) is 0 Å². The van der Waals surface area contributed by atoms with Crippen LogP contribution in [0.3, 0.4) is 0 Å². The van der Waals surface area contributed by atoms with Crippen LogP contribution in [-0.2, 0) is 4.74 Å². The van der Waals surface area contributed by atoms with Gasteiger partial charge in [-0.15, -0.1) is 0 Å². The molecule has 0 radical (unpaired) electrons. The molecule has 6 heteroatoms. The summed E-state index contributed by atoms with van der Waals surface area (Å²) in [5.74, 6) is -0.257. The number of carbonyl (C=O) groups is 1. The van der Waals surface area contributed by atoms with Crippen molar-refractivity contribution in [2.45, 2.75) is 25.9 Å². The third-order valence-corrected chi connectivity index (χ3v) is 4.22. The van der Waals surface area contributed by atoms with E-state index in [-0.39, 0.29) is 5.91 Å². The largest absolute Gasteiger partial charge is 0.380 e. The van der Waals surface area contributed by atoms with Gasteiger partial charge < -0.3 is 15.0 Å². The fraction of sp³-hybridized carbons (Fsp3) is 0.389. The molecule has 0 unspecified atom stereocenters. The lowest BCUT2D eigenvalue weighted by molar-refractivity contribution is 0.0893. The van der Waals surface area contributed by atoms with Crippen LogP contribution >= 0.6 is 0 Å². The smallest absolute Gasteiger partial charge is 0.275 e. The van der Waals surface area contributed by atoms with Crippen LogP contribution in [0.1, 0.15) is 29.0 Å². The summed E-state index contributed by atoms with van der Waals surface area (Å²) in [6.45, 7) is 3.77. The van der Waals surface area contributed by atoms with Gasteiger partial charge in [0.1, 0.15) is 5.69 Å². The molecule has 3 rings (SSSR count). The zero-order valence-electron chi connectivity index (χ0n) is 14.0. The van der Waals surface area contributed by atoms with Gasteiger partial charge in [-0.3, -0.25) is 9.78 Å². The Bertz CT molecular complexity index is 685. The van der Waals surface area contributed by atoms with Crippen molar-refractivity contribution in [2.75, 3.05) is 30.4 Å². The number of anilines is 2. The highest BCUT2D eigenvalue weighted by Gasteiger charge is 2.19. The van der Waals surface area contributed by atoms with E-state index in [1.807, 2.05) is 31.2 Å². The number of aromatic nitrogens is 2. The van der Waals surface area contributed by atoms with Crippen LogP contribution in [0.2, 0.25) is 0 Å². The van der Waals surface area contributed by atoms with Crippen LogP contribution in [-0.4, -0.2) is 42.2 Å². The van der Waals surface area contributed by atoms with Crippen molar-refractivity contribution in [1.29, 1.82) is 0 Å². The predicted molar refractivity (Wildman–Crippen MR) is 93.4 cm³/mol. The molecule has 0 spiro atoms. The van der Waals surface area contributed by atoms with E-state index in [4.69, 9.17) is 4.74 Å². The molecule has 1 aromatic heterocycles. The number of rotatable bonds is 4. The monoisotopic (exact) mass is 326 g/mol. The fourth-order valence-corrected chi connectivity index (χ4v) is 2.83. The summed E-state index contributed by atoms with van der Waals surface area (Å²) >= 11 is 0. The van der Waals surface area contributed by atoms with Gasteiger partial charge in [0.25, 0.3) is 5.91 Å². The predicted octanol–water partition coefficient (Wildman–Crippen LogP) is 2.65. The van der Waals surface area contributed by atoms with Crippen molar-refractivity contribution >= 4 is 17.3 Å². The molecule has 1 amide bonds. The molecular formula is C18H22N4O2. The summed E-state index contributed by atoms with van der Waals surface area (Å²) in [5.41, 5.74) is 2.98. The summed E-state index contributed by atoms with van der Waals surface area (Å²) in [4.78, 5) is 22.6. The third kappa shape index (κ3) is 3.89. The summed E-state index contributed by atoms with van der Waals surface area (Å²) in [6.07, 6.45) is 5.60. The summed E-state index contributed by atoms with van der Waals surface area (Å²) in [7, 11) is 1.76. The second kappa shape index (κ2) is 7.40. The van der Waals surface area contributed by atoms with Crippen molar-refractivity contribution in [2.24, 2.45) is 0 Å². The molecular weight excluding hydrogens is 304 g/mol. The first-order valence-electron chi connectivity index (χ1n) is 8.13. The van der Waals surface area contributed by atoms with Crippen LogP contribution in [0.5, 0.6) is 0 Å². The molecule has 1 aromatic carbocycles. The zero-order chi connectivity index (χ0) is 16.9. The minimum absolute atomic E-state index is 0.257. The highest BCUT2D eigenvalue weighted by molar-refractivity contribution is 6.02. The standard InChI is InChI=1S/C18H22N4O2/c1-13-10-20-17(11-19-13)18(23)21-14-5-7-15(8-6-14)22-9-3-4-16(12-22)24-2/h5-8,10-11,16H,3-4,9,12H2,1-2H3,(H,21,23)/t16-/m1/s1. The Labute approximate surface area is 141 Å². The van der Waals surface area contributed by atoms with Gasteiger partial charge >= 0.3 is 0 Å². The van der Waals surface area contributed by atoms with Crippen LogP contribution in [0.15, 0.2) is 36.7 Å². The lowest BCUT2D eigenvalue weighted by Crippen LogP contribution is -2.39. The summed E-state index contributed by atoms with van der Waals surface area (Å²) in [6, 6.07) is 7.86. The molecule has 126 valence electrons. The molecule has 24 heavy (non-hydrogen) atoms. The lowest BCUT2D eigenvalue weighted by atomic mass is 10.1. The van der Waals surface area contributed by atoms with Crippen molar-refractivity contribution in [3.8, 4) is 0 Å². The number of nitrogens with one attached hydrogen (secondary N) is 1. The maximum atomic E-state index is 12.2. The summed E-state index contributed by atoms with van der Waals surface area (Å²) in [5, 5.41) is 2.84. The number of carbonyl (C=O) groups excluding carboxylic acids is 1. The number of amides is 1. The van der Waals surface area contributed by atoms with Crippen LogP contribution in [0.4, 0.5) is 11.4 Å². The maximum Gasteiger partial charge on any atom is 0.275 e. The Morgan fingerprint density at radius 2 is 2.04 bits per heavy atom. The average molecular weight is 326 g/mol. The van der Waals surface area contributed by atoms with Gasteiger partial charge in [0, 0.05) is 37.8 Å². The van der Waals surface area contributed by atoms with E-state index in [2.05, 4.69) is 20.2 Å². The highest BCUT2D eigenvalue weighted by atomic mass is 16.5. The number of hydrogen-bond acceptors (Lipinski definition) is 5. The Hall–Kier alpha value is -2.47. The number of nitrogens with zero attached hydrogens (tertiary/aromatic N) is 3. The molecule has 2 aromatic rings. The molecule has 1 N–H and O–H groups in total. The molecule has 2 heterocycles. The Kier molecular flexibility index (Phi) is 5.05. The van der Waals surface area contributed by atoms with E-state index in [1.54, 1.807) is 13.3 Å². The number of methoxy groups -OCH3 is 1. The van der Waals surface area contributed by atoms with Gasteiger partial charge in [-0.05, 0) is 44.0 Å². The Balaban J connectivity index is 1.64. The molecule has 0 bridgehead atoms. The molecule has 1 fully saturated rings.